The predicted molar refractivity (Wildman–Crippen MR) is 223 cm³/mol. The van der Waals surface area contributed by atoms with Gasteiger partial charge in [-0.1, -0.05) is 168 Å². The maximum absolute atomic E-state index is 3.65. The first-order chi connectivity index (χ1) is 24.1. The van der Waals surface area contributed by atoms with Gasteiger partial charge in [0.25, 0.3) is 0 Å². The molecule has 0 saturated carbocycles. The van der Waals surface area contributed by atoms with Crippen molar-refractivity contribution in [3.8, 4) is 23.3 Å². The molecule has 0 spiro atoms. The van der Waals surface area contributed by atoms with Crippen molar-refractivity contribution in [3.63, 3.8) is 0 Å². The molecule has 2 heteroatoms. The zero-order chi connectivity index (χ0) is 35.0. The molecule has 3 aromatic rings. The van der Waals surface area contributed by atoms with Gasteiger partial charge in [-0.05, 0) is 91.0 Å². The van der Waals surface area contributed by atoms with Crippen LogP contribution in [0.3, 0.4) is 0 Å². The SMILES string of the molecule is CCCCCCCCCCCCc1ccc2c(c1)c1cc(CCCCCCCCCCCC)ccc1n2CC#CC#C[Si](CC)(CC)CC. The molecule has 0 radical (unpaired) electrons. The lowest BCUT2D eigenvalue weighted by Crippen LogP contribution is -2.29. The molecule has 270 valence electrons. The maximum atomic E-state index is 3.65. The number of fused-ring (bicyclic) bond motifs is 3. The van der Waals surface area contributed by atoms with Crippen molar-refractivity contribution < 1.29 is 0 Å². The van der Waals surface area contributed by atoms with Crippen LogP contribution in [-0.4, -0.2) is 12.6 Å². The Morgan fingerprint density at radius 3 is 1.24 bits per heavy atom. The smallest absolute Gasteiger partial charge is 0.139 e. The van der Waals surface area contributed by atoms with E-state index >= 15 is 0 Å². The van der Waals surface area contributed by atoms with E-state index in [9.17, 15) is 0 Å². The summed E-state index contributed by atoms with van der Waals surface area (Å²) >= 11 is 0. The Kier molecular flexibility index (Phi) is 20.7. The zero-order valence-corrected chi connectivity index (χ0v) is 33.8. The molecule has 0 fully saturated rings. The van der Waals surface area contributed by atoms with Crippen molar-refractivity contribution in [3.05, 3.63) is 47.5 Å². The first-order valence-electron chi connectivity index (χ1n) is 21.1. The first-order valence-corrected chi connectivity index (χ1v) is 23.8. The minimum Gasteiger partial charge on any atom is -0.329 e. The Bertz CT molecular complexity index is 1360. The van der Waals surface area contributed by atoms with Crippen molar-refractivity contribution >= 4 is 29.9 Å². The molecular formula is C47H73NSi. The third-order valence-corrected chi connectivity index (χ3v) is 16.1. The summed E-state index contributed by atoms with van der Waals surface area (Å²) in [5.74, 6) is 10.0. The Morgan fingerprint density at radius 2 is 0.857 bits per heavy atom. The Morgan fingerprint density at radius 1 is 0.469 bits per heavy atom. The van der Waals surface area contributed by atoms with Crippen LogP contribution in [0.15, 0.2) is 36.4 Å². The fraction of sp³-hybridized carbons (Fsp3) is 0.660. The molecule has 0 unspecified atom stereocenters. The van der Waals surface area contributed by atoms with E-state index in [0.29, 0.717) is 6.54 Å². The van der Waals surface area contributed by atoms with Gasteiger partial charge in [-0.25, -0.2) is 0 Å². The summed E-state index contributed by atoms with van der Waals surface area (Å²) in [6.07, 6.45) is 30.2. The van der Waals surface area contributed by atoms with Gasteiger partial charge in [0.1, 0.15) is 8.07 Å². The van der Waals surface area contributed by atoms with Crippen LogP contribution < -0.4 is 0 Å². The van der Waals surface area contributed by atoms with Gasteiger partial charge in [-0.15, -0.1) is 5.54 Å². The predicted octanol–water partition coefficient (Wildman–Crippen LogP) is 14.8. The van der Waals surface area contributed by atoms with Crippen LogP contribution in [0, 0.1) is 23.3 Å². The lowest BCUT2D eigenvalue weighted by molar-refractivity contribution is 0.556. The maximum Gasteiger partial charge on any atom is 0.139 e. The lowest BCUT2D eigenvalue weighted by Gasteiger charge is -2.19. The number of benzene rings is 2. The molecule has 1 aromatic heterocycles. The van der Waals surface area contributed by atoms with Crippen molar-refractivity contribution in [1.82, 2.24) is 4.57 Å². The minimum absolute atomic E-state index is 0.698. The Labute approximate surface area is 304 Å². The number of rotatable bonds is 26. The molecule has 0 aliphatic carbocycles. The largest absolute Gasteiger partial charge is 0.329 e. The summed E-state index contributed by atoms with van der Waals surface area (Å²) in [5.41, 5.74) is 9.26. The summed E-state index contributed by atoms with van der Waals surface area (Å²) in [6.45, 7) is 12.2. The van der Waals surface area contributed by atoms with Gasteiger partial charge >= 0.3 is 0 Å². The molecule has 1 heterocycles. The summed E-state index contributed by atoms with van der Waals surface area (Å²) < 4.78 is 2.44. The standard InChI is InChI=1S/C47H73NSi/c1-6-11-13-15-17-19-21-23-25-28-32-42-34-36-46-44(40-42)45-41-43(33-29-26-24-22-20-18-16-14-12-7-2)35-37-47(45)48(46)38-30-27-31-39-49(8-3,9-4)10-5/h34-37,40-41H,6-26,28-29,32-33,38H2,1-5H3. The van der Waals surface area contributed by atoms with Crippen LogP contribution in [0.25, 0.3) is 21.8 Å². The molecular weight excluding hydrogens is 607 g/mol. The average molecular weight is 680 g/mol. The third kappa shape index (κ3) is 14.4. The quantitative estimate of drug-likeness (QED) is 0.0452. The van der Waals surface area contributed by atoms with E-state index in [1.807, 2.05) is 0 Å². The molecule has 2 aromatic carbocycles. The van der Waals surface area contributed by atoms with Crippen LogP contribution in [0.1, 0.15) is 174 Å². The third-order valence-electron chi connectivity index (χ3n) is 11.4. The highest BCUT2D eigenvalue weighted by molar-refractivity contribution is 6.87. The van der Waals surface area contributed by atoms with E-state index in [-0.39, 0.29) is 0 Å². The van der Waals surface area contributed by atoms with Crippen molar-refractivity contribution in [2.45, 2.75) is 201 Å². The topological polar surface area (TPSA) is 4.93 Å². The lowest BCUT2D eigenvalue weighted by atomic mass is 10.0. The molecule has 0 bridgehead atoms. The van der Waals surface area contributed by atoms with E-state index in [4.69, 9.17) is 0 Å². The van der Waals surface area contributed by atoms with Crippen LogP contribution in [0.5, 0.6) is 0 Å². The fourth-order valence-electron chi connectivity index (χ4n) is 7.65. The number of aryl methyl sites for hydroxylation is 2. The van der Waals surface area contributed by atoms with Gasteiger partial charge in [0.05, 0.1) is 6.54 Å². The fourth-order valence-corrected chi connectivity index (χ4v) is 10.0. The van der Waals surface area contributed by atoms with Crippen LogP contribution in [-0.2, 0) is 19.4 Å². The molecule has 0 amide bonds. The summed E-state index contributed by atoms with van der Waals surface area (Å²) in [7, 11) is -1.46. The van der Waals surface area contributed by atoms with Gasteiger partial charge in [-0.2, -0.15) is 0 Å². The highest BCUT2D eigenvalue weighted by atomic mass is 28.3. The van der Waals surface area contributed by atoms with E-state index in [0.717, 1.165) is 0 Å². The van der Waals surface area contributed by atoms with Gasteiger partial charge in [0.2, 0.25) is 0 Å². The second kappa shape index (κ2) is 24.7. The molecule has 0 aliphatic heterocycles. The normalized spacial score (nSPS) is 11.5. The first kappa shape index (κ1) is 41.0. The number of hydrogen-bond donors (Lipinski definition) is 0. The Hall–Kier alpha value is -2.42. The number of nitrogens with zero attached hydrogens (tertiary/aromatic N) is 1. The second-order valence-corrected chi connectivity index (χ2v) is 20.0. The number of hydrogen-bond acceptors (Lipinski definition) is 0. The van der Waals surface area contributed by atoms with Gasteiger partial charge < -0.3 is 4.57 Å². The van der Waals surface area contributed by atoms with Crippen molar-refractivity contribution in [2.24, 2.45) is 0 Å². The molecule has 3 rings (SSSR count). The summed E-state index contributed by atoms with van der Waals surface area (Å²) in [5, 5.41) is 2.82. The van der Waals surface area contributed by atoms with Gasteiger partial charge in [0.15, 0.2) is 0 Å². The average Bonchev–Trinajstić information content (AvgIpc) is 3.43. The highest BCUT2D eigenvalue weighted by Gasteiger charge is 2.24. The molecule has 0 N–H and O–H groups in total. The van der Waals surface area contributed by atoms with Crippen molar-refractivity contribution in [2.75, 3.05) is 0 Å². The minimum atomic E-state index is -1.46. The molecule has 0 atom stereocenters. The van der Waals surface area contributed by atoms with Crippen molar-refractivity contribution in [1.29, 1.82) is 0 Å². The highest BCUT2D eigenvalue weighted by Crippen LogP contribution is 2.32. The van der Waals surface area contributed by atoms with E-state index in [1.54, 1.807) is 0 Å². The number of aromatic nitrogens is 1. The van der Waals surface area contributed by atoms with E-state index in [2.05, 4.69) is 98.9 Å². The molecule has 0 saturated heterocycles. The second-order valence-electron chi connectivity index (χ2n) is 15.0. The molecule has 49 heavy (non-hydrogen) atoms. The van der Waals surface area contributed by atoms with Crippen LogP contribution >= 0.6 is 0 Å². The zero-order valence-electron chi connectivity index (χ0n) is 32.8. The van der Waals surface area contributed by atoms with Crippen LogP contribution in [0.2, 0.25) is 18.1 Å². The van der Waals surface area contributed by atoms with Gasteiger partial charge in [-0.3, -0.25) is 0 Å². The van der Waals surface area contributed by atoms with Gasteiger partial charge in [0, 0.05) is 21.8 Å². The van der Waals surface area contributed by atoms with E-state index in [1.165, 1.54) is 192 Å². The summed E-state index contributed by atoms with van der Waals surface area (Å²) in [6, 6.07) is 18.2. The van der Waals surface area contributed by atoms with E-state index < -0.39 is 8.07 Å². The number of unbranched alkanes of at least 4 members (excludes halogenated alkanes) is 18. The monoisotopic (exact) mass is 680 g/mol. The molecule has 1 nitrogen and oxygen atoms in total. The molecule has 0 aliphatic rings. The summed E-state index contributed by atoms with van der Waals surface area (Å²) in [4.78, 5) is 0. The Balaban J connectivity index is 1.67. The van der Waals surface area contributed by atoms with Crippen LogP contribution in [0.4, 0.5) is 0 Å².